The molecule has 0 aliphatic carbocycles. The number of rotatable bonds is 8. The first-order valence-electron chi connectivity index (χ1n) is 6.48. The Bertz CT molecular complexity index is 237. The number of nitrogens with one attached hydrogen (secondary N) is 1. The average molecular weight is 243 g/mol. The van der Waals surface area contributed by atoms with Crippen LogP contribution in [-0.4, -0.2) is 37.9 Å². The Balaban J connectivity index is 2.28. The van der Waals surface area contributed by atoms with Crippen LogP contribution >= 0.6 is 0 Å². The minimum absolute atomic E-state index is 0.00352. The second-order valence-corrected chi connectivity index (χ2v) is 5.59. The summed E-state index contributed by atoms with van der Waals surface area (Å²) in [5.74, 6) is 1.07. The molecule has 1 saturated heterocycles. The van der Waals surface area contributed by atoms with Gasteiger partial charge in [0, 0.05) is 6.61 Å². The molecule has 1 heterocycles. The van der Waals surface area contributed by atoms with E-state index in [0.717, 1.165) is 13.0 Å². The van der Waals surface area contributed by atoms with E-state index in [9.17, 15) is 4.79 Å². The smallest absolute Gasteiger partial charge is 0.251 e. The molecule has 0 radical (unpaired) electrons. The van der Waals surface area contributed by atoms with Crippen molar-refractivity contribution in [1.29, 1.82) is 0 Å². The molecular formula is C13H25NO3. The monoisotopic (exact) mass is 243 g/mol. The van der Waals surface area contributed by atoms with Crippen molar-refractivity contribution in [2.45, 2.75) is 46.3 Å². The van der Waals surface area contributed by atoms with Crippen LogP contribution in [0, 0.1) is 11.8 Å². The van der Waals surface area contributed by atoms with Gasteiger partial charge in [0.15, 0.2) is 6.10 Å². The van der Waals surface area contributed by atoms with Crippen LogP contribution in [0.3, 0.4) is 0 Å². The third-order valence-corrected chi connectivity index (χ3v) is 2.50. The van der Waals surface area contributed by atoms with E-state index in [4.69, 9.17) is 9.47 Å². The van der Waals surface area contributed by atoms with Crippen molar-refractivity contribution in [3.63, 3.8) is 0 Å². The summed E-state index contributed by atoms with van der Waals surface area (Å²) in [5.41, 5.74) is 0. The summed E-state index contributed by atoms with van der Waals surface area (Å²) < 4.78 is 10.6. The van der Waals surface area contributed by atoms with E-state index in [2.05, 4.69) is 33.0 Å². The zero-order valence-corrected chi connectivity index (χ0v) is 11.4. The molecule has 1 aliphatic rings. The predicted molar refractivity (Wildman–Crippen MR) is 66.8 cm³/mol. The summed E-state index contributed by atoms with van der Waals surface area (Å²) in [6.45, 7) is 10.4. The highest BCUT2D eigenvalue weighted by atomic mass is 16.6. The largest absolute Gasteiger partial charge is 0.379 e. The molecule has 0 unspecified atom stereocenters. The summed E-state index contributed by atoms with van der Waals surface area (Å²) in [5, 5.41) is 3.00. The molecule has 0 spiro atoms. The van der Waals surface area contributed by atoms with Gasteiger partial charge in [-0.05, 0) is 18.3 Å². The quantitative estimate of drug-likeness (QED) is 0.659. The third-order valence-electron chi connectivity index (χ3n) is 2.50. The lowest BCUT2D eigenvalue weighted by atomic mass is 10.0. The van der Waals surface area contributed by atoms with Crippen molar-refractivity contribution in [1.82, 2.24) is 5.32 Å². The molecule has 1 aliphatic heterocycles. The normalized spacial score (nSPS) is 20.7. The highest BCUT2D eigenvalue weighted by Crippen LogP contribution is 2.11. The summed E-state index contributed by atoms with van der Waals surface area (Å²) in [7, 11) is 0. The first-order valence-corrected chi connectivity index (χ1v) is 6.48. The number of epoxide rings is 1. The Morgan fingerprint density at radius 1 is 1.29 bits per heavy atom. The summed E-state index contributed by atoms with van der Waals surface area (Å²) in [6, 6.07) is 0.102. The number of carbonyl (C=O) groups excluding carboxylic acids is 1. The molecule has 2 atom stereocenters. The first-order chi connectivity index (χ1) is 7.99. The molecule has 4 nitrogen and oxygen atoms in total. The zero-order chi connectivity index (χ0) is 12.8. The van der Waals surface area contributed by atoms with Crippen LogP contribution in [0.2, 0.25) is 0 Å². The highest BCUT2D eigenvalue weighted by molar-refractivity contribution is 5.83. The predicted octanol–water partition coefficient (Wildman–Crippen LogP) is 1.59. The van der Waals surface area contributed by atoms with Gasteiger partial charge in [-0.25, -0.2) is 0 Å². The lowest BCUT2D eigenvalue weighted by Crippen LogP contribution is -2.41. The van der Waals surface area contributed by atoms with E-state index < -0.39 is 0 Å². The van der Waals surface area contributed by atoms with Gasteiger partial charge in [-0.15, -0.1) is 0 Å². The zero-order valence-electron chi connectivity index (χ0n) is 11.4. The van der Waals surface area contributed by atoms with Crippen LogP contribution < -0.4 is 5.32 Å². The molecule has 1 N–H and O–H groups in total. The molecule has 4 heteroatoms. The number of hydrogen-bond donors (Lipinski definition) is 1. The van der Waals surface area contributed by atoms with Crippen molar-refractivity contribution in [3.05, 3.63) is 0 Å². The summed E-state index contributed by atoms with van der Waals surface area (Å²) in [6.07, 6.45) is 0.728. The maximum absolute atomic E-state index is 11.6. The van der Waals surface area contributed by atoms with Crippen molar-refractivity contribution < 1.29 is 14.3 Å². The van der Waals surface area contributed by atoms with Gasteiger partial charge in [-0.1, -0.05) is 27.7 Å². The van der Waals surface area contributed by atoms with Gasteiger partial charge in [0.1, 0.15) is 0 Å². The van der Waals surface area contributed by atoms with Crippen LogP contribution in [0.15, 0.2) is 0 Å². The van der Waals surface area contributed by atoms with Crippen LogP contribution in [0.25, 0.3) is 0 Å². The minimum Gasteiger partial charge on any atom is -0.379 e. The standard InChI is InChI=1S/C13H25NO3/c1-9(2)5-11(7-16-6-10(3)4)14-13(15)12-8-17-12/h9-12H,5-8H2,1-4H3,(H,14,15)/t11-,12-/m0/s1. The number of carbonyl (C=O) groups is 1. The fourth-order valence-corrected chi connectivity index (χ4v) is 1.68. The topological polar surface area (TPSA) is 50.9 Å². The number of amides is 1. The Morgan fingerprint density at radius 2 is 1.94 bits per heavy atom. The Kier molecular flexibility index (Phi) is 5.92. The van der Waals surface area contributed by atoms with Gasteiger partial charge in [0.2, 0.25) is 0 Å². The lowest BCUT2D eigenvalue weighted by molar-refractivity contribution is -0.123. The van der Waals surface area contributed by atoms with E-state index in [0.29, 0.717) is 25.0 Å². The van der Waals surface area contributed by atoms with Gasteiger partial charge in [0.25, 0.3) is 5.91 Å². The average Bonchev–Trinajstić information content (AvgIpc) is 2.98. The highest BCUT2D eigenvalue weighted by Gasteiger charge is 2.32. The maximum Gasteiger partial charge on any atom is 0.251 e. The minimum atomic E-state index is -0.213. The van der Waals surface area contributed by atoms with Crippen molar-refractivity contribution in [2.75, 3.05) is 19.8 Å². The molecule has 0 aromatic rings. The molecule has 0 aromatic carbocycles. The van der Waals surface area contributed by atoms with Crippen LogP contribution in [0.4, 0.5) is 0 Å². The Morgan fingerprint density at radius 3 is 2.41 bits per heavy atom. The van der Waals surface area contributed by atoms with Crippen LogP contribution in [0.1, 0.15) is 34.1 Å². The second kappa shape index (κ2) is 6.97. The van der Waals surface area contributed by atoms with E-state index in [1.807, 2.05) is 0 Å². The van der Waals surface area contributed by atoms with Crippen LogP contribution in [-0.2, 0) is 14.3 Å². The molecule has 0 saturated carbocycles. The lowest BCUT2D eigenvalue weighted by Gasteiger charge is -2.20. The second-order valence-electron chi connectivity index (χ2n) is 5.59. The summed E-state index contributed by atoms with van der Waals surface area (Å²) >= 11 is 0. The summed E-state index contributed by atoms with van der Waals surface area (Å²) in [4.78, 5) is 11.6. The van der Waals surface area contributed by atoms with E-state index >= 15 is 0 Å². The molecule has 1 rings (SSSR count). The first kappa shape index (κ1) is 14.5. The molecule has 17 heavy (non-hydrogen) atoms. The molecule has 0 bridgehead atoms. The van der Waals surface area contributed by atoms with E-state index in [1.165, 1.54) is 0 Å². The Labute approximate surface area is 104 Å². The molecule has 0 aromatic heterocycles. The maximum atomic E-state index is 11.6. The van der Waals surface area contributed by atoms with Crippen molar-refractivity contribution in [3.8, 4) is 0 Å². The van der Waals surface area contributed by atoms with Crippen LogP contribution in [0.5, 0.6) is 0 Å². The molecule has 100 valence electrons. The Hall–Kier alpha value is -0.610. The van der Waals surface area contributed by atoms with Gasteiger partial charge in [0.05, 0.1) is 19.3 Å². The molecular weight excluding hydrogens is 218 g/mol. The molecule has 1 amide bonds. The molecule has 1 fully saturated rings. The van der Waals surface area contributed by atoms with Gasteiger partial charge in [-0.3, -0.25) is 4.79 Å². The van der Waals surface area contributed by atoms with Gasteiger partial charge >= 0.3 is 0 Å². The van der Waals surface area contributed by atoms with Gasteiger partial charge in [-0.2, -0.15) is 0 Å². The fourth-order valence-electron chi connectivity index (χ4n) is 1.68. The van der Waals surface area contributed by atoms with Crippen molar-refractivity contribution >= 4 is 5.91 Å². The number of ether oxygens (including phenoxy) is 2. The SMILES string of the molecule is CC(C)COC[C@H](CC(C)C)NC(=O)[C@@H]1CO1. The third kappa shape index (κ3) is 6.64. The van der Waals surface area contributed by atoms with E-state index in [-0.39, 0.29) is 18.1 Å². The fraction of sp³-hybridized carbons (Fsp3) is 0.923. The van der Waals surface area contributed by atoms with Crippen molar-refractivity contribution in [2.24, 2.45) is 11.8 Å². The number of hydrogen-bond acceptors (Lipinski definition) is 3. The van der Waals surface area contributed by atoms with E-state index in [1.54, 1.807) is 0 Å². The van der Waals surface area contributed by atoms with Gasteiger partial charge < -0.3 is 14.8 Å².